The van der Waals surface area contributed by atoms with Gasteiger partial charge in [-0.3, -0.25) is 4.90 Å². The molecule has 3 aromatic rings. The zero-order chi connectivity index (χ0) is 24.6. The van der Waals surface area contributed by atoms with Crippen molar-refractivity contribution in [2.75, 3.05) is 39.2 Å². The number of aryl methyl sites for hydroxylation is 1. The molecule has 0 aliphatic carbocycles. The third-order valence-corrected chi connectivity index (χ3v) is 6.31. The number of nitrogens with one attached hydrogen (secondary N) is 1. The fourth-order valence-electron chi connectivity index (χ4n) is 4.43. The molecule has 35 heavy (non-hydrogen) atoms. The number of hydrogen-bond acceptors (Lipinski definition) is 8. The summed E-state index contributed by atoms with van der Waals surface area (Å²) in [5.74, 6) is 3.03. The molecule has 2 heterocycles. The largest absolute Gasteiger partial charge is 0.497 e. The van der Waals surface area contributed by atoms with Crippen LogP contribution in [0.3, 0.4) is 0 Å². The fraction of sp³-hybridized carbons (Fsp3) is 0.407. The van der Waals surface area contributed by atoms with Gasteiger partial charge in [-0.05, 0) is 62.7 Å². The number of anilines is 1. The van der Waals surface area contributed by atoms with Gasteiger partial charge in [0.05, 0.1) is 20.3 Å². The second-order valence-electron chi connectivity index (χ2n) is 8.55. The summed E-state index contributed by atoms with van der Waals surface area (Å²) < 4.78 is 22.9. The number of para-hydroxylation sites is 1. The summed E-state index contributed by atoms with van der Waals surface area (Å²) in [7, 11) is 3.34. The van der Waals surface area contributed by atoms with E-state index in [9.17, 15) is 5.26 Å². The number of likely N-dealkylation sites (tertiary alicyclic amines) is 1. The minimum Gasteiger partial charge on any atom is -0.497 e. The number of nitrogens with zero attached hydrogens (tertiary/aromatic N) is 3. The average molecular weight is 477 g/mol. The highest BCUT2D eigenvalue weighted by Crippen LogP contribution is 2.35. The zero-order valence-corrected chi connectivity index (χ0v) is 20.5. The van der Waals surface area contributed by atoms with Gasteiger partial charge in [-0.25, -0.2) is 0 Å². The van der Waals surface area contributed by atoms with Crippen molar-refractivity contribution in [3.05, 3.63) is 65.2 Å². The molecule has 0 radical (unpaired) electrons. The summed E-state index contributed by atoms with van der Waals surface area (Å²) in [6.45, 7) is 4.62. The quantitative estimate of drug-likeness (QED) is 0.433. The summed E-state index contributed by atoms with van der Waals surface area (Å²) in [5, 5.41) is 13.0. The van der Waals surface area contributed by atoms with Gasteiger partial charge in [0.2, 0.25) is 17.5 Å². The van der Waals surface area contributed by atoms with Crippen molar-refractivity contribution < 1.29 is 18.6 Å². The molecule has 1 aliphatic heterocycles. The number of rotatable bonds is 10. The van der Waals surface area contributed by atoms with Gasteiger partial charge in [-0.2, -0.15) is 10.2 Å². The summed E-state index contributed by atoms with van der Waals surface area (Å²) in [6.07, 6.45) is 3.53. The van der Waals surface area contributed by atoms with E-state index < -0.39 is 0 Å². The Morgan fingerprint density at radius 3 is 2.60 bits per heavy atom. The molecular formula is C27H32N4O4. The van der Waals surface area contributed by atoms with Crippen LogP contribution in [0.4, 0.5) is 5.88 Å². The van der Waals surface area contributed by atoms with Crippen LogP contribution in [0.5, 0.6) is 17.2 Å². The van der Waals surface area contributed by atoms with Crippen LogP contribution in [-0.4, -0.2) is 43.7 Å². The van der Waals surface area contributed by atoms with Gasteiger partial charge in [0.1, 0.15) is 23.3 Å². The lowest BCUT2D eigenvalue weighted by Crippen LogP contribution is -2.37. The highest BCUT2D eigenvalue weighted by atomic mass is 16.5. The van der Waals surface area contributed by atoms with E-state index in [1.807, 2.05) is 49.4 Å². The first kappa shape index (κ1) is 24.4. The lowest BCUT2D eigenvalue weighted by atomic mass is 10.00. The van der Waals surface area contributed by atoms with Crippen molar-refractivity contribution in [1.82, 2.24) is 9.88 Å². The van der Waals surface area contributed by atoms with Crippen LogP contribution < -0.4 is 19.5 Å². The van der Waals surface area contributed by atoms with Crippen LogP contribution in [0.15, 0.2) is 46.9 Å². The van der Waals surface area contributed by atoms with E-state index in [0.29, 0.717) is 18.3 Å². The topological polar surface area (TPSA) is 92.8 Å². The Morgan fingerprint density at radius 1 is 1.09 bits per heavy atom. The highest BCUT2D eigenvalue weighted by Gasteiger charge is 2.26. The summed E-state index contributed by atoms with van der Waals surface area (Å²) in [6, 6.07) is 15.7. The molecule has 0 unspecified atom stereocenters. The Kier molecular flexibility index (Phi) is 8.11. The fourth-order valence-corrected chi connectivity index (χ4v) is 4.43. The molecule has 1 fully saturated rings. The van der Waals surface area contributed by atoms with Crippen molar-refractivity contribution in [1.29, 1.82) is 5.26 Å². The number of methoxy groups -OCH3 is 2. The smallest absolute Gasteiger partial charge is 0.236 e. The molecule has 0 amide bonds. The van der Waals surface area contributed by atoms with E-state index in [1.165, 1.54) is 6.42 Å². The standard InChI is InChI=1S/C27H32N4O4/c1-19-9-5-6-10-24(19)34-18-26-30-22(16-28)27(35-26)29-17-23(31-13-7-4-8-14-31)21-15-20(32-2)11-12-25(21)33-3/h5-6,9-12,15,23,29H,4,7-8,13-14,17-18H2,1-3H3/t23-/m0/s1. The molecule has 8 nitrogen and oxygen atoms in total. The van der Waals surface area contributed by atoms with E-state index in [2.05, 4.69) is 21.3 Å². The number of piperidine rings is 1. The average Bonchev–Trinajstić information content (AvgIpc) is 3.31. The molecule has 1 atom stereocenters. The molecule has 184 valence electrons. The van der Waals surface area contributed by atoms with Gasteiger partial charge in [-0.1, -0.05) is 24.6 Å². The molecular weight excluding hydrogens is 444 g/mol. The Labute approximate surface area is 206 Å². The monoisotopic (exact) mass is 476 g/mol. The van der Waals surface area contributed by atoms with Crippen LogP contribution >= 0.6 is 0 Å². The van der Waals surface area contributed by atoms with Crippen molar-refractivity contribution in [3.63, 3.8) is 0 Å². The van der Waals surface area contributed by atoms with E-state index in [-0.39, 0.29) is 18.3 Å². The second kappa shape index (κ2) is 11.6. The molecule has 0 saturated carbocycles. The molecule has 1 N–H and O–H groups in total. The first-order valence-corrected chi connectivity index (χ1v) is 11.9. The van der Waals surface area contributed by atoms with Gasteiger partial charge < -0.3 is 23.9 Å². The minimum atomic E-state index is 0.00339. The third-order valence-electron chi connectivity index (χ3n) is 6.31. The number of aromatic nitrogens is 1. The number of ether oxygens (including phenoxy) is 3. The Bertz CT molecular complexity index is 1160. The Balaban J connectivity index is 1.54. The number of oxazole rings is 1. The highest BCUT2D eigenvalue weighted by molar-refractivity contribution is 5.47. The van der Waals surface area contributed by atoms with Crippen LogP contribution in [0.1, 0.15) is 48.0 Å². The molecule has 8 heteroatoms. The van der Waals surface area contributed by atoms with E-state index in [4.69, 9.17) is 18.6 Å². The predicted molar refractivity (Wildman–Crippen MR) is 133 cm³/mol. The van der Waals surface area contributed by atoms with Crippen molar-refractivity contribution in [2.24, 2.45) is 0 Å². The van der Waals surface area contributed by atoms with Gasteiger partial charge >= 0.3 is 0 Å². The summed E-state index contributed by atoms with van der Waals surface area (Å²) in [4.78, 5) is 6.77. The SMILES string of the molecule is COc1ccc(OC)c([C@H](CNc2oc(COc3ccccc3C)nc2C#N)N2CCCCC2)c1. The van der Waals surface area contributed by atoms with Gasteiger partial charge in [-0.15, -0.1) is 0 Å². The van der Waals surface area contributed by atoms with E-state index in [1.54, 1.807) is 14.2 Å². The van der Waals surface area contributed by atoms with Crippen LogP contribution in [0.25, 0.3) is 0 Å². The Morgan fingerprint density at radius 2 is 1.89 bits per heavy atom. The van der Waals surface area contributed by atoms with Crippen molar-refractivity contribution in [3.8, 4) is 23.3 Å². The third kappa shape index (κ3) is 5.87. The first-order chi connectivity index (χ1) is 17.1. The molecule has 1 aromatic heterocycles. The van der Waals surface area contributed by atoms with Crippen LogP contribution in [-0.2, 0) is 6.61 Å². The van der Waals surface area contributed by atoms with Crippen molar-refractivity contribution >= 4 is 5.88 Å². The van der Waals surface area contributed by atoms with Gasteiger partial charge in [0, 0.05) is 12.1 Å². The zero-order valence-electron chi connectivity index (χ0n) is 20.5. The van der Waals surface area contributed by atoms with E-state index in [0.717, 1.165) is 54.3 Å². The lowest BCUT2D eigenvalue weighted by molar-refractivity contribution is 0.167. The number of hydrogen-bond donors (Lipinski definition) is 1. The first-order valence-electron chi connectivity index (χ1n) is 11.9. The number of benzene rings is 2. The van der Waals surface area contributed by atoms with Gasteiger partial charge in [0.15, 0.2) is 6.61 Å². The predicted octanol–water partition coefficient (Wildman–Crippen LogP) is 5.09. The van der Waals surface area contributed by atoms with E-state index >= 15 is 0 Å². The summed E-state index contributed by atoms with van der Waals surface area (Å²) >= 11 is 0. The number of nitriles is 1. The molecule has 0 bridgehead atoms. The summed E-state index contributed by atoms with van der Waals surface area (Å²) in [5.41, 5.74) is 2.26. The molecule has 1 saturated heterocycles. The molecule has 2 aromatic carbocycles. The van der Waals surface area contributed by atoms with Crippen molar-refractivity contribution in [2.45, 2.75) is 38.8 Å². The molecule has 4 rings (SSSR count). The van der Waals surface area contributed by atoms with Gasteiger partial charge in [0.25, 0.3) is 0 Å². The maximum atomic E-state index is 9.64. The maximum absolute atomic E-state index is 9.64. The molecule has 0 spiro atoms. The normalized spacial score (nSPS) is 14.7. The maximum Gasteiger partial charge on any atom is 0.236 e. The second-order valence-corrected chi connectivity index (χ2v) is 8.55. The lowest BCUT2D eigenvalue weighted by Gasteiger charge is -2.35. The van der Waals surface area contributed by atoms with Crippen LogP contribution in [0, 0.1) is 18.3 Å². The molecule has 1 aliphatic rings. The minimum absolute atomic E-state index is 0.00339. The Hall–Kier alpha value is -3.70. The van der Waals surface area contributed by atoms with Crippen LogP contribution in [0.2, 0.25) is 0 Å².